The zero-order chi connectivity index (χ0) is 21.9. The number of anilines is 2. The fourth-order valence-corrected chi connectivity index (χ4v) is 5.20. The van der Waals surface area contributed by atoms with Crippen LogP contribution in [0.2, 0.25) is 0 Å². The summed E-state index contributed by atoms with van der Waals surface area (Å²) in [7, 11) is 0. The Morgan fingerprint density at radius 3 is 2.94 bits per heavy atom. The lowest BCUT2D eigenvalue weighted by atomic mass is 10.0. The molecule has 2 aromatic carbocycles. The van der Waals surface area contributed by atoms with E-state index in [1.54, 1.807) is 0 Å². The molecule has 32 heavy (non-hydrogen) atoms. The summed E-state index contributed by atoms with van der Waals surface area (Å²) in [5.74, 6) is 1.74. The van der Waals surface area contributed by atoms with Gasteiger partial charge >= 0.3 is 0 Å². The van der Waals surface area contributed by atoms with Gasteiger partial charge in [0.2, 0.25) is 18.6 Å². The summed E-state index contributed by atoms with van der Waals surface area (Å²) in [5.41, 5.74) is 3.85. The maximum Gasteiger partial charge on any atom is 0.236 e. The van der Waals surface area contributed by atoms with Crippen molar-refractivity contribution in [1.29, 1.82) is 0 Å². The number of amides is 2. The molecule has 9 heteroatoms. The first kappa shape index (κ1) is 20.8. The summed E-state index contributed by atoms with van der Waals surface area (Å²) in [4.78, 5) is 31.4. The van der Waals surface area contributed by atoms with Crippen molar-refractivity contribution in [3.05, 3.63) is 53.4 Å². The van der Waals surface area contributed by atoms with Crippen LogP contribution < -0.4 is 19.7 Å². The standard InChI is InChI=1S/C23H21N3O4S2/c27-21(12-31-13-22(28)26-9-3-5-15-4-1-2-6-18(15)26)25-23-24-17(11-32-23)16-7-8-19-20(10-16)30-14-29-19/h1-2,4,6-8,10-11H,3,5,9,12-14H2,(H,24,25,27). The molecule has 2 aliphatic heterocycles. The van der Waals surface area contributed by atoms with E-state index in [4.69, 9.17) is 9.47 Å². The number of ether oxygens (including phenoxy) is 2. The molecule has 164 valence electrons. The minimum Gasteiger partial charge on any atom is -0.454 e. The van der Waals surface area contributed by atoms with Gasteiger partial charge in [-0.1, -0.05) is 18.2 Å². The third-order valence-corrected chi connectivity index (χ3v) is 6.96. The maximum absolute atomic E-state index is 12.7. The summed E-state index contributed by atoms with van der Waals surface area (Å²) in [6.07, 6.45) is 1.96. The Balaban J connectivity index is 1.13. The summed E-state index contributed by atoms with van der Waals surface area (Å²) in [5, 5.41) is 5.23. The van der Waals surface area contributed by atoms with E-state index in [9.17, 15) is 9.59 Å². The van der Waals surface area contributed by atoms with E-state index >= 15 is 0 Å². The Labute approximate surface area is 193 Å². The van der Waals surface area contributed by atoms with Gasteiger partial charge < -0.3 is 19.7 Å². The Kier molecular flexibility index (Phi) is 6.00. The molecule has 0 bridgehead atoms. The van der Waals surface area contributed by atoms with E-state index in [1.165, 1.54) is 28.7 Å². The minimum atomic E-state index is -0.173. The van der Waals surface area contributed by atoms with Gasteiger partial charge in [0.05, 0.1) is 17.2 Å². The van der Waals surface area contributed by atoms with Crippen LogP contribution in [0.1, 0.15) is 12.0 Å². The highest BCUT2D eigenvalue weighted by atomic mass is 32.2. The molecule has 0 aliphatic carbocycles. The molecule has 0 saturated heterocycles. The van der Waals surface area contributed by atoms with Crippen LogP contribution in [0.4, 0.5) is 10.8 Å². The molecule has 0 radical (unpaired) electrons. The number of hydrogen-bond donors (Lipinski definition) is 1. The molecule has 1 N–H and O–H groups in total. The molecule has 3 heterocycles. The van der Waals surface area contributed by atoms with E-state index in [1.807, 2.05) is 46.7 Å². The quantitative estimate of drug-likeness (QED) is 0.586. The third kappa shape index (κ3) is 4.44. The molecule has 5 rings (SSSR count). The Bertz CT molecular complexity index is 1160. The van der Waals surface area contributed by atoms with Crippen molar-refractivity contribution in [2.45, 2.75) is 12.8 Å². The molecule has 7 nitrogen and oxygen atoms in total. The van der Waals surface area contributed by atoms with Gasteiger partial charge in [0.1, 0.15) is 0 Å². The Morgan fingerprint density at radius 2 is 2.00 bits per heavy atom. The van der Waals surface area contributed by atoms with Crippen LogP contribution in [-0.2, 0) is 16.0 Å². The first-order chi connectivity index (χ1) is 15.7. The SMILES string of the molecule is O=C(CSCC(=O)N1CCCc2ccccc21)Nc1nc(-c2ccc3c(c2)OCO3)cs1. The predicted octanol–water partition coefficient (Wildman–Crippen LogP) is 4.19. The second-order valence-electron chi connectivity index (χ2n) is 7.42. The molecule has 2 amide bonds. The molecular formula is C23H21N3O4S2. The molecule has 0 unspecified atom stereocenters. The number of fused-ring (bicyclic) bond motifs is 2. The lowest BCUT2D eigenvalue weighted by Gasteiger charge is -2.29. The Morgan fingerprint density at radius 1 is 1.12 bits per heavy atom. The van der Waals surface area contributed by atoms with Gasteiger partial charge in [-0.05, 0) is 42.7 Å². The number of hydrogen-bond acceptors (Lipinski definition) is 7. The van der Waals surface area contributed by atoms with Crippen molar-refractivity contribution < 1.29 is 19.1 Å². The van der Waals surface area contributed by atoms with Gasteiger partial charge in [0, 0.05) is 23.2 Å². The number of nitrogens with one attached hydrogen (secondary N) is 1. The van der Waals surface area contributed by atoms with Crippen LogP contribution in [0.3, 0.4) is 0 Å². The smallest absolute Gasteiger partial charge is 0.236 e. The number of carbonyl (C=O) groups is 2. The second kappa shape index (κ2) is 9.22. The van der Waals surface area contributed by atoms with E-state index in [0.717, 1.165) is 42.1 Å². The highest BCUT2D eigenvalue weighted by Crippen LogP contribution is 2.36. The van der Waals surface area contributed by atoms with Gasteiger partial charge in [-0.15, -0.1) is 23.1 Å². The third-order valence-electron chi connectivity index (χ3n) is 5.29. The van der Waals surface area contributed by atoms with Crippen LogP contribution in [0.5, 0.6) is 11.5 Å². The molecule has 3 aromatic rings. The van der Waals surface area contributed by atoms with Crippen LogP contribution in [0, 0.1) is 0 Å². The fraction of sp³-hybridized carbons (Fsp3) is 0.261. The first-order valence-corrected chi connectivity index (χ1v) is 12.3. The molecule has 2 aliphatic rings. The maximum atomic E-state index is 12.7. The van der Waals surface area contributed by atoms with Gasteiger partial charge in [0.25, 0.3) is 0 Å². The van der Waals surface area contributed by atoms with Crippen molar-refractivity contribution in [2.75, 3.05) is 35.1 Å². The summed E-state index contributed by atoms with van der Waals surface area (Å²) >= 11 is 2.68. The molecule has 0 fully saturated rings. The van der Waals surface area contributed by atoms with E-state index in [0.29, 0.717) is 10.9 Å². The van der Waals surface area contributed by atoms with Crippen molar-refractivity contribution in [2.24, 2.45) is 0 Å². The number of benzene rings is 2. The highest BCUT2D eigenvalue weighted by Gasteiger charge is 2.22. The topological polar surface area (TPSA) is 80.8 Å². The van der Waals surface area contributed by atoms with Crippen LogP contribution in [0.25, 0.3) is 11.3 Å². The van der Waals surface area contributed by atoms with E-state index in [2.05, 4.69) is 16.4 Å². The number of carbonyl (C=O) groups excluding carboxylic acids is 2. The van der Waals surface area contributed by atoms with E-state index in [-0.39, 0.29) is 30.1 Å². The minimum absolute atomic E-state index is 0.0364. The van der Waals surface area contributed by atoms with Gasteiger partial charge in [0.15, 0.2) is 16.6 Å². The van der Waals surface area contributed by atoms with Crippen LogP contribution in [-0.4, -0.2) is 41.6 Å². The summed E-state index contributed by atoms with van der Waals surface area (Å²) < 4.78 is 10.7. The molecule has 0 saturated carbocycles. The summed E-state index contributed by atoms with van der Waals surface area (Å²) in [6.45, 7) is 0.950. The molecule has 0 atom stereocenters. The number of thiazole rings is 1. The highest BCUT2D eigenvalue weighted by molar-refractivity contribution is 8.00. The molecule has 0 spiro atoms. The van der Waals surface area contributed by atoms with Gasteiger partial charge in [-0.25, -0.2) is 4.98 Å². The number of thioether (sulfide) groups is 1. The number of rotatable bonds is 6. The number of aryl methyl sites for hydroxylation is 1. The van der Waals surface area contributed by atoms with Crippen LogP contribution in [0.15, 0.2) is 47.8 Å². The summed E-state index contributed by atoms with van der Waals surface area (Å²) in [6, 6.07) is 13.7. The van der Waals surface area contributed by atoms with Gasteiger partial charge in [-0.3, -0.25) is 9.59 Å². The van der Waals surface area contributed by atoms with Crippen molar-refractivity contribution in [3.8, 4) is 22.8 Å². The number of aromatic nitrogens is 1. The van der Waals surface area contributed by atoms with Crippen LogP contribution >= 0.6 is 23.1 Å². The normalized spacial score (nSPS) is 14.2. The monoisotopic (exact) mass is 467 g/mol. The average Bonchev–Trinajstić information content (AvgIpc) is 3.47. The lowest BCUT2D eigenvalue weighted by molar-refractivity contribution is -0.116. The first-order valence-electron chi connectivity index (χ1n) is 10.3. The van der Waals surface area contributed by atoms with Crippen molar-refractivity contribution in [3.63, 3.8) is 0 Å². The molecular weight excluding hydrogens is 446 g/mol. The number of para-hydroxylation sites is 1. The fourth-order valence-electron chi connectivity index (χ4n) is 3.78. The average molecular weight is 468 g/mol. The van der Waals surface area contributed by atoms with Crippen molar-refractivity contribution in [1.82, 2.24) is 4.98 Å². The molecule has 1 aromatic heterocycles. The second-order valence-corrected chi connectivity index (χ2v) is 9.27. The largest absolute Gasteiger partial charge is 0.454 e. The number of nitrogens with zero attached hydrogens (tertiary/aromatic N) is 2. The zero-order valence-corrected chi connectivity index (χ0v) is 18.8. The zero-order valence-electron chi connectivity index (χ0n) is 17.2. The van der Waals surface area contributed by atoms with Gasteiger partial charge in [-0.2, -0.15) is 0 Å². The van der Waals surface area contributed by atoms with E-state index < -0.39 is 0 Å². The van der Waals surface area contributed by atoms with Crippen molar-refractivity contribution >= 4 is 45.7 Å². The predicted molar refractivity (Wildman–Crippen MR) is 127 cm³/mol. The lowest BCUT2D eigenvalue weighted by Crippen LogP contribution is -2.36. The Hall–Kier alpha value is -3.04.